The van der Waals surface area contributed by atoms with E-state index in [1.54, 1.807) is 11.0 Å². The largest absolute Gasteiger partial charge is 0.507 e. The second-order valence-electron chi connectivity index (χ2n) is 8.35. The number of hydrogen-bond donors (Lipinski definition) is 3. The van der Waals surface area contributed by atoms with Crippen molar-refractivity contribution in [1.82, 2.24) is 15.1 Å². The SMILES string of the molecule is CCCOc1ccc([C@@H]2c3c(-c4cc(C)ccc4O)n[nH]c3C(=O)N2CCCO)cc1OCC. The maximum Gasteiger partial charge on any atom is 0.273 e. The Hall–Kier alpha value is -3.52. The number of carbonyl (C=O) groups excluding carboxylic acids is 1. The number of aromatic nitrogens is 2. The molecule has 1 aliphatic rings. The average molecular weight is 466 g/mol. The zero-order valence-electron chi connectivity index (χ0n) is 19.8. The number of amides is 1. The van der Waals surface area contributed by atoms with Gasteiger partial charge in [0.25, 0.3) is 5.91 Å². The summed E-state index contributed by atoms with van der Waals surface area (Å²) in [5.74, 6) is 1.17. The zero-order chi connectivity index (χ0) is 24.2. The van der Waals surface area contributed by atoms with Crippen LogP contribution in [-0.4, -0.2) is 57.6 Å². The van der Waals surface area contributed by atoms with Gasteiger partial charge in [0.15, 0.2) is 11.5 Å². The maximum atomic E-state index is 13.4. The quantitative estimate of drug-likeness (QED) is 0.414. The van der Waals surface area contributed by atoms with Crippen LogP contribution in [0.25, 0.3) is 11.3 Å². The number of rotatable bonds is 10. The minimum absolute atomic E-state index is 0.0256. The molecule has 8 nitrogen and oxygen atoms in total. The van der Waals surface area contributed by atoms with Gasteiger partial charge in [-0.05, 0) is 56.5 Å². The van der Waals surface area contributed by atoms with Gasteiger partial charge in [0.05, 0.1) is 19.3 Å². The third kappa shape index (κ3) is 4.33. The molecule has 0 unspecified atom stereocenters. The first-order chi connectivity index (χ1) is 16.5. The van der Waals surface area contributed by atoms with Crippen molar-refractivity contribution in [3.63, 3.8) is 0 Å². The van der Waals surface area contributed by atoms with Crippen LogP contribution in [0.3, 0.4) is 0 Å². The van der Waals surface area contributed by atoms with Gasteiger partial charge in [0.2, 0.25) is 0 Å². The van der Waals surface area contributed by atoms with Crippen molar-refractivity contribution >= 4 is 5.91 Å². The number of phenolic OH excluding ortho intramolecular Hbond substituents is 1. The molecule has 2 aromatic carbocycles. The van der Waals surface area contributed by atoms with Gasteiger partial charge in [-0.2, -0.15) is 5.10 Å². The monoisotopic (exact) mass is 465 g/mol. The highest BCUT2D eigenvalue weighted by Crippen LogP contribution is 2.46. The van der Waals surface area contributed by atoms with E-state index in [0.717, 1.165) is 17.5 Å². The molecule has 0 aliphatic carbocycles. The van der Waals surface area contributed by atoms with Crippen molar-refractivity contribution < 1.29 is 24.5 Å². The molecule has 180 valence electrons. The second-order valence-corrected chi connectivity index (χ2v) is 8.35. The number of aryl methyl sites for hydroxylation is 1. The molecule has 0 radical (unpaired) electrons. The van der Waals surface area contributed by atoms with Gasteiger partial charge in [-0.1, -0.05) is 24.6 Å². The topological polar surface area (TPSA) is 108 Å². The number of aliphatic hydroxyl groups is 1. The third-order valence-corrected chi connectivity index (χ3v) is 5.87. The molecule has 1 aromatic heterocycles. The lowest BCUT2D eigenvalue weighted by Gasteiger charge is -2.27. The Morgan fingerprint density at radius 2 is 1.94 bits per heavy atom. The van der Waals surface area contributed by atoms with Crippen LogP contribution < -0.4 is 9.47 Å². The summed E-state index contributed by atoms with van der Waals surface area (Å²) in [6.07, 6.45) is 1.32. The molecule has 8 heteroatoms. The highest BCUT2D eigenvalue weighted by atomic mass is 16.5. The van der Waals surface area contributed by atoms with Gasteiger partial charge < -0.3 is 24.6 Å². The molecular formula is C26H31N3O5. The standard InChI is InChI=1S/C26H31N3O5/c1-4-13-34-20-10-8-17(15-21(20)33-5-2)25-22-23(18-14-16(3)7-9-19(18)31)27-28-24(22)26(32)29(25)11-6-12-30/h7-10,14-15,25,30-31H,4-6,11-13H2,1-3H3,(H,27,28)/t25-/m1/s1. The second kappa shape index (κ2) is 10.2. The number of hydrogen-bond acceptors (Lipinski definition) is 6. The van der Waals surface area contributed by atoms with E-state index in [2.05, 4.69) is 10.2 Å². The van der Waals surface area contributed by atoms with E-state index in [4.69, 9.17) is 9.47 Å². The molecule has 1 aliphatic heterocycles. The van der Waals surface area contributed by atoms with Crippen LogP contribution in [0, 0.1) is 6.92 Å². The number of fused-ring (bicyclic) bond motifs is 1. The van der Waals surface area contributed by atoms with Crippen molar-refractivity contribution in [2.24, 2.45) is 0 Å². The molecule has 1 amide bonds. The molecule has 1 atom stereocenters. The van der Waals surface area contributed by atoms with E-state index in [0.29, 0.717) is 60.2 Å². The lowest BCUT2D eigenvalue weighted by Crippen LogP contribution is -2.31. The summed E-state index contributed by atoms with van der Waals surface area (Å²) in [6, 6.07) is 10.6. The Morgan fingerprint density at radius 1 is 1.12 bits per heavy atom. The predicted molar refractivity (Wildman–Crippen MR) is 128 cm³/mol. The third-order valence-electron chi connectivity index (χ3n) is 5.87. The van der Waals surface area contributed by atoms with Crippen molar-refractivity contribution in [3.05, 3.63) is 58.8 Å². The first-order valence-corrected chi connectivity index (χ1v) is 11.7. The highest BCUT2D eigenvalue weighted by molar-refractivity contribution is 6.00. The number of phenols is 1. The molecule has 0 bridgehead atoms. The van der Waals surface area contributed by atoms with Crippen LogP contribution >= 0.6 is 0 Å². The van der Waals surface area contributed by atoms with Crippen LogP contribution in [0.4, 0.5) is 0 Å². The summed E-state index contributed by atoms with van der Waals surface area (Å²) in [6.45, 7) is 7.30. The first-order valence-electron chi connectivity index (χ1n) is 11.7. The lowest BCUT2D eigenvalue weighted by atomic mass is 9.94. The van der Waals surface area contributed by atoms with Crippen LogP contribution in [0.15, 0.2) is 36.4 Å². The fourth-order valence-electron chi connectivity index (χ4n) is 4.35. The van der Waals surface area contributed by atoms with Gasteiger partial charge in [-0.25, -0.2) is 0 Å². The minimum Gasteiger partial charge on any atom is -0.507 e. The van der Waals surface area contributed by atoms with Crippen molar-refractivity contribution in [3.8, 4) is 28.5 Å². The minimum atomic E-state index is -0.456. The summed E-state index contributed by atoms with van der Waals surface area (Å²) < 4.78 is 11.7. The van der Waals surface area contributed by atoms with E-state index in [1.165, 1.54) is 0 Å². The number of nitrogens with zero attached hydrogens (tertiary/aromatic N) is 2. The molecular weight excluding hydrogens is 434 g/mol. The molecule has 0 fully saturated rings. The maximum absolute atomic E-state index is 13.4. The van der Waals surface area contributed by atoms with Gasteiger partial charge >= 0.3 is 0 Å². The van der Waals surface area contributed by atoms with Gasteiger partial charge in [0, 0.05) is 24.3 Å². The van der Waals surface area contributed by atoms with Crippen LogP contribution in [0.5, 0.6) is 17.2 Å². The van der Waals surface area contributed by atoms with E-state index in [9.17, 15) is 15.0 Å². The summed E-state index contributed by atoms with van der Waals surface area (Å²) in [7, 11) is 0. The van der Waals surface area contributed by atoms with E-state index < -0.39 is 6.04 Å². The number of ether oxygens (including phenoxy) is 2. The number of carbonyl (C=O) groups is 1. The van der Waals surface area contributed by atoms with Gasteiger partial charge in [-0.15, -0.1) is 0 Å². The number of aromatic hydroxyl groups is 1. The van der Waals surface area contributed by atoms with Gasteiger partial charge in [-0.3, -0.25) is 9.89 Å². The van der Waals surface area contributed by atoms with Gasteiger partial charge in [0.1, 0.15) is 17.1 Å². The number of H-pyrrole nitrogens is 1. The molecule has 4 rings (SSSR count). The van der Waals surface area contributed by atoms with Crippen LogP contribution in [0.2, 0.25) is 0 Å². The molecule has 34 heavy (non-hydrogen) atoms. The van der Waals surface area contributed by atoms with Crippen molar-refractivity contribution in [2.45, 2.75) is 39.7 Å². The molecule has 0 spiro atoms. The normalized spacial score (nSPS) is 15.0. The molecule has 3 N–H and O–H groups in total. The summed E-state index contributed by atoms with van der Waals surface area (Å²) >= 11 is 0. The van der Waals surface area contributed by atoms with E-state index >= 15 is 0 Å². The molecule has 0 saturated heterocycles. The fraction of sp³-hybridized carbons (Fsp3) is 0.385. The summed E-state index contributed by atoms with van der Waals surface area (Å²) in [5, 5.41) is 27.3. The molecule has 2 heterocycles. The van der Waals surface area contributed by atoms with Crippen molar-refractivity contribution in [1.29, 1.82) is 0 Å². The summed E-state index contributed by atoms with van der Waals surface area (Å²) in [4.78, 5) is 15.1. The smallest absolute Gasteiger partial charge is 0.273 e. The predicted octanol–water partition coefficient (Wildman–Crippen LogP) is 4.21. The number of aromatic amines is 1. The average Bonchev–Trinajstić information content (AvgIpc) is 3.37. The fourth-order valence-corrected chi connectivity index (χ4v) is 4.35. The Balaban J connectivity index is 1.86. The zero-order valence-corrected chi connectivity index (χ0v) is 19.8. The number of benzene rings is 2. The Morgan fingerprint density at radius 3 is 2.68 bits per heavy atom. The first kappa shape index (κ1) is 23.6. The Kier molecular flexibility index (Phi) is 7.07. The van der Waals surface area contributed by atoms with Crippen LogP contribution in [0.1, 0.15) is 59.9 Å². The number of aliphatic hydroxyl groups excluding tert-OH is 1. The van der Waals surface area contributed by atoms with Crippen LogP contribution in [-0.2, 0) is 0 Å². The highest BCUT2D eigenvalue weighted by Gasteiger charge is 2.42. The molecule has 3 aromatic rings. The Labute approximate surface area is 199 Å². The number of nitrogens with one attached hydrogen (secondary N) is 1. The molecule has 0 saturated carbocycles. The summed E-state index contributed by atoms with van der Waals surface area (Å²) in [5.41, 5.74) is 4.00. The van der Waals surface area contributed by atoms with Crippen molar-refractivity contribution in [2.75, 3.05) is 26.4 Å². The Bertz CT molecular complexity index is 1170. The van der Waals surface area contributed by atoms with E-state index in [1.807, 2.05) is 51.1 Å². The van der Waals surface area contributed by atoms with E-state index in [-0.39, 0.29) is 18.3 Å². The lowest BCUT2D eigenvalue weighted by molar-refractivity contribution is 0.0732.